The van der Waals surface area contributed by atoms with Gasteiger partial charge in [0.05, 0.1) is 17.3 Å². The number of nitrogens with one attached hydrogen (secondary N) is 1. The normalized spacial score (nSPS) is 17.5. The van der Waals surface area contributed by atoms with Gasteiger partial charge in [-0.2, -0.15) is 0 Å². The number of benzene rings is 2. The Morgan fingerprint density at radius 2 is 1.76 bits per heavy atom. The van der Waals surface area contributed by atoms with Crippen molar-refractivity contribution in [1.82, 2.24) is 0 Å². The van der Waals surface area contributed by atoms with E-state index in [9.17, 15) is 0 Å². The molecule has 2 aromatic rings. The number of hydrogen-bond acceptors (Lipinski definition) is 3. The van der Waals surface area contributed by atoms with Gasteiger partial charge < -0.3 is 10.1 Å². The molecule has 0 aromatic heterocycles. The van der Waals surface area contributed by atoms with Crippen LogP contribution in [-0.4, -0.2) is 18.5 Å². The zero-order chi connectivity index (χ0) is 14.7. The first-order chi connectivity index (χ1) is 10.2. The fourth-order valence-corrected chi connectivity index (χ4v) is 2.33. The monoisotopic (exact) mass is 280 g/mol. The lowest BCUT2D eigenvalue weighted by Crippen LogP contribution is -2.13. The van der Waals surface area contributed by atoms with Gasteiger partial charge in [-0.1, -0.05) is 44.2 Å². The Labute approximate surface area is 125 Å². The quantitative estimate of drug-likeness (QED) is 0.909. The Hall–Kier alpha value is -2.29. The predicted molar refractivity (Wildman–Crippen MR) is 87.3 cm³/mol. The van der Waals surface area contributed by atoms with Gasteiger partial charge in [-0.15, -0.1) is 0 Å². The predicted octanol–water partition coefficient (Wildman–Crippen LogP) is 4.23. The van der Waals surface area contributed by atoms with Gasteiger partial charge in [-0.05, 0) is 30.2 Å². The average Bonchev–Trinajstić information content (AvgIpc) is 2.99. The molecule has 0 radical (unpaired) electrons. The molecule has 0 saturated heterocycles. The summed E-state index contributed by atoms with van der Waals surface area (Å²) in [6.45, 7) is 5.02. The molecule has 0 bridgehead atoms. The fourth-order valence-electron chi connectivity index (χ4n) is 2.33. The standard InChI is InChI=1S/C18H20N2O/c1-13(2)17-12-21-18(20-17)15-10-6-7-11-16(15)19-14-8-4-3-5-9-14/h3-11,13,17,19H,12H2,1-2H3/t17-/m1/s1. The lowest BCUT2D eigenvalue weighted by molar-refractivity contribution is 0.292. The van der Waals surface area contributed by atoms with Crippen molar-refractivity contribution < 1.29 is 4.74 Å². The van der Waals surface area contributed by atoms with Crippen LogP contribution in [0.4, 0.5) is 11.4 Å². The van der Waals surface area contributed by atoms with Crippen LogP contribution < -0.4 is 5.32 Å². The summed E-state index contributed by atoms with van der Waals surface area (Å²) in [4.78, 5) is 4.71. The molecule has 3 heteroatoms. The van der Waals surface area contributed by atoms with Crippen LogP contribution >= 0.6 is 0 Å². The molecular formula is C18H20N2O. The fraction of sp³-hybridized carbons (Fsp3) is 0.278. The van der Waals surface area contributed by atoms with Crippen LogP contribution in [0.5, 0.6) is 0 Å². The van der Waals surface area contributed by atoms with Gasteiger partial charge in [0.15, 0.2) is 0 Å². The maximum Gasteiger partial charge on any atom is 0.218 e. The van der Waals surface area contributed by atoms with E-state index in [0.717, 1.165) is 22.8 Å². The summed E-state index contributed by atoms with van der Waals surface area (Å²) >= 11 is 0. The van der Waals surface area contributed by atoms with Gasteiger partial charge in [0, 0.05) is 5.69 Å². The molecule has 3 rings (SSSR count). The molecule has 108 valence electrons. The Morgan fingerprint density at radius 1 is 1.05 bits per heavy atom. The molecule has 0 fully saturated rings. The molecule has 1 N–H and O–H groups in total. The van der Waals surface area contributed by atoms with Crippen molar-refractivity contribution >= 4 is 17.3 Å². The van der Waals surface area contributed by atoms with Gasteiger partial charge in [-0.25, -0.2) is 4.99 Å². The molecule has 1 aliphatic heterocycles. The molecular weight excluding hydrogens is 260 g/mol. The summed E-state index contributed by atoms with van der Waals surface area (Å²) in [7, 11) is 0. The molecule has 1 heterocycles. The SMILES string of the molecule is CC(C)[C@H]1COC(c2ccccc2Nc2ccccc2)=N1. The summed E-state index contributed by atoms with van der Waals surface area (Å²) in [5.74, 6) is 1.24. The van der Waals surface area contributed by atoms with Crippen LogP contribution in [0.15, 0.2) is 59.6 Å². The highest BCUT2D eigenvalue weighted by molar-refractivity contribution is 6.01. The second-order valence-electron chi connectivity index (χ2n) is 5.59. The van der Waals surface area contributed by atoms with Gasteiger partial charge in [0.2, 0.25) is 5.90 Å². The number of hydrogen-bond donors (Lipinski definition) is 1. The van der Waals surface area contributed by atoms with Crippen LogP contribution in [0, 0.1) is 5.92 Å². The van der Waals surface area contributed by atoms with E-state index in [1.807, 2.05) is 48.5 Å². The van der Waals surface area contributed by atoms with E-state index in [0.29, 0.717) is 12.5 Å². The van der Waals surface area contributed by atoms with Gasteiger partial charge in [-0.3, -0.25) is 0 Å². The molecule has 2 aromatic carbocycles. The van der Waals surface area contributed by atoms with Gasteiger partial charge in [0.25, 0.3) is 0 Å². The van der Waals surface area contributed by atoms with E-state index in [-0.39, 0.29) is 6.04 Å². The van der Waals surface area contributed by atoms with Crippen LogP contribution in [0.1, 0.15) is 19.4 Å². The summed E-state index contributed by atoms with van der Waals surface area (Å²) < 4.78 is 5.80. The van der Waals surface area contributed by atoms with Gasteiger partial charge in [0.1, 0.15) is 6.61 Å². The first kappa shape index (κ1) is 13.7. The van der Waals surface area contributed by atoms with Crippen molar-refractivity contribution in [2.24, 2.45) is 10.9 Å². The molecule has 21 heavy (non-hydrogen) atoms. The third kappa shape index (κ3) is 3.07. The Bertz CT molecular complexity index is 635. The van der Waals surface area contributed by atoms with Crippen LogP contribution in [0.2, 0.25) is 0 Å². The zero-order valence-corrected chi connectivity index (χ0v) is 12.4. The largest absolute Gasteiger partial charge is 0.475 e. The zero-order valence-electron chi connectivity index (χ0n) is 12.4. The highest BCUT2D eigenvalue weighted by atomic mass is 16.5. The molecule has 1 aliphatic rings. The van der Waals surface area contributed by atoms with E-state index in [4.69, 9.17) is 9.73 Å². The highest BCUT2D eigenvalue weighted by Gasteiger charge is 2.24. The van der Waals surface area contributed by atoms with Crippen LogP contribution in [0.25, 0.3) is 0 Å². The topological polar surface area (TPSA) is 33.6 Å². The molecule has 0 unspecified atom stereocenters. The van der Waals surface area contributed by atoms with Crippen LogP contribution in [0.3, 0.4) is 0 Å². The van der Waals surface area contributed by atoms with Crippen molar-refractivity contribution in [2.45, 2.75) is 19.9 Å². The van der Waals surface area contributed by atoms with E-state index >= 15 is 0 Å². The maximum absolute atomic E-state index is 5.80. The van der Waals surface area contributed by atoms with E-state index < -0.39 is 0 Å². The van der Waals surface area contributed by atoms with Gasteiger partial charge >= 0.3 is 0 Å². The minimum Gasteiger partial charge on any atom is -0.475 e. The van der Waals surface area contributed by atoms with Crippen molar-refractivity contribution in [3.8, 4) is 0 Å². The second kappa shape index (κ2) is 6.00. The molecule has 3 nitrogen and oxygen atoms in total. The first-order valence-electron chi connectivity index (χ1n) is 7.36. The lowest BCUT2D eigenvalue weighted by atomic mass is 10.1. The summed E-state index contributed by atoms with van der Waals surface area (Å²) in [5.41, 5.74) is 3.10. The lowest BCUT2D eigenvalue weighted by Gasteiger charge is -2.11. The molecule has 0 amide bonds. The van der Waals surface area contributed by atoms with Crippen molar-refractivity contribution in [3.63, 3.8) is 0 Å². The number of aliphatic imine (C=N–C) groups is 1. The Balaban J connectivity index is 1.88. The number of rotatable bonds is 4. The van der Waals surface area contributed by atoms with E-state index in [1.165, 1.54) is 0 Å². The number of para-hydroxylation sites is 2. The van der Waals surface area contributed by atoms with Crippen molar-refractivity contribution in [1.29, 1.82) is 0 Å². The van der Waals surface area contributed by atoms with E-state index in [1.54, 1.807) is 0 Å². The third-order valence-electron chi connectivity index (χ3n) is 3.65. The van der Waals surface area contributed by atoms with Crippen molar-refractivity contribution in [2.75, 3.05) is 11.9 Å². The maximum atomic E-state index is 5.80. The van der Waals surface area contributed by atoms with E-state index in [2.05, 4.69) is 25.2 Å². The molecule has 0 spiro atoms. The Kier molecular flexibility index (Phi) is 3.91. The third-order valence-corrected chi connectivity index (χ3v) is 3.65. The number of nitrogens with zero attached hydrogens (tertiary/aromatic N) is 1. The number of anilines is 2. The molecule has 1 atom stereocenters. The second-order valence-corrected chi connectivity index (χ2v) is 5.59. The van der Waals surface area contributed by atoms with Crippen molar-refractivity contribution in [3.05, 3.63) is 60.2 Å². The summed E-state index contributed by atoms with van der Waals surface area (Å²) in [5, 5.41) is 3.43. The summed E-state index contributed by atoms with van der Waals surface area (Å²) in [6.07, 6.45) is 0. The minimum atomic E-state index is 0.254. The molecule has 0 aliphatic carbocycles. The number of ether oxygens (including phenoxy) is 1. The Morgan fingerprint density at radius 3 is 2.48 bits per heavy atom. The average molecular weight is 280 g/mol. The highest BCUT2D eigenvalue weighted by Crippen LogP contribution is 2.25. The van der Waals surface area contributed by atoms with Crippen LogP contribution in [-0.2, 0) is 4.74 Å². The summed E-state index contributed by atoms with van der Waals surface area (Å²) in [6, 6.07) is 18.5. The smallest absolute Gasteiger partial charge is 0.218 e. The first-order valence-corrected chi connectivity index (χ1v) is 7.36. The molecule has 0 saturated carbocycles. The minimum absolute atomic E-state index is 0.254.